The summed E-state index contributed by atoms with van der Waals surface area (Å²) in [7, 11) is 0. The van der Waals surface area contributed by atoms with Gasteiger partial charge in [-0.15, -0.1) is 0 Å². The summed E-state index contributed by atoms with van der Waals surface area (Å²) in [6.45, 7) is 7.35. The van der Waals surface area contributed by atoms with Crippen LogP contribution in [0.1, 0.15) is 36.7 Å². The molecule has 0 saturated carbocycles. The summed E-state index contributed by atoms with van der Waals surface area (Å²) in [5.41, 5.74) is 3.84. The molecule has 0 fully saturated rings. The minimum absolute atomic E-state index is 0.0720. The number of carbonyl (C=O) groups is 1. The van der Waals surface area contributed by atoms with Gasteiger partial charge >= 0.3 is 0 Å². The summed E-state index contributed by atoms with van der Waals surface area (Å²) >= 11 is 0. The highest BCUT2D eigenvalue weighted by atomic mass is 16.6. The molecule has 102 valence electrons. The predicted octanol–water partition coefficient (Wildman–Crippen LogP) is 2.66. The van der Waals surface area contributed by atoms with Gasteiger partial charge in [0.05, 0.1) is 4.92 Å². The number of carbonyl (C=O) groups excluding carboxylic acids is 1. The van der Waals surface area contributed by atoms with E-state index in [-0.39, 0.29) is 17.2 Å². The number of nitro benzene ring substituents is 1. The standard InChI is InChI=1S/C13H17N3O3/c1-8(2)10(4)14-15-13(17)11-6-5-9(3)12(7-11)16(18)19/h5-8H,1-4H3,(H,15,17). The van der Waals surface area contributed by atoms with E-state index in [0.717, 1.165) is 5.71 Å². The normalized spacial score (nSPS) is 11.5. The molecule has 6 nitrogen and oxygen atoms in total. The van der Waals surface area contributed by atoms with Crippen molar-refractivity contribution >= 4 is 17.3 Å². The third-order valence-corrected chi connectivity index (χ3v) is 2.84. The lowest BCUT2D eigenvalue weighted by Crippen LogP contribution is -2.20. The first-order valence-electron chi connectivity index (χ1n) is 5.92. The Morgan fingerprint density at radius 1 is 1.42 bits per heavy atom. The molecule has 0 aliphatic heterocycles. The second-order valence-corrected chi connectivity index (χ2v) is 4.61. The monoisotopic (exact) mass is 263 g/mol. The molecule has 1 N–H and O–H groups in total. The predicted molar refractivity (Wildman–Crippen MR) is 73.2 cm³/mol. The Balaban J connectivity index is 2.92. The number of nitrogens with zero attached hydrogens (tertiary/aromatic N) is 2. The topological polar surface area (TPSA) is 84.6 Å². The molecule has 0 aliphatic carbocycles. The number of amides is 1. The van der Waals surface area contributed by atoms with Crippen LogP contribution < -0.4 is 5.43 Å². The van der Waals surface area contributed by atoms with E-state index in [1.807, 2.05) is 20.8 Å². The SMILES string of the molecule is CC(=NNC(=O)c1ccc(C)c([N+](=O)[O-])c1)C(C)C. The van der Waals surface area contributed by atoms with Crippen LogP contribution in [0.25, 0.3) is 0 Å². The number of aryl methyl sites for hydroxylation is 1. The third kappa shape index (κ3) is 3.87. The van der Waals surface area contributed by atoms with Gasteiger partial charge < -0.3 is 0 Å². The Kier molecular flexibility index (Phi) is 4.74. The smallest absolute Gasteiger partial charge is 0.267 e. The minimum atomic E-state index is -0.505. The van der Waals surface area contributed by atoms with Crippen molar-refractivity contribution < 1.29 is 9.72 Å². The lowest BCUT2D eigenvalue weighted by atomic mass is 10.1. The number of hydrogen-bond donors (Lipinski definition) is 1. The summed E-state index contributed by atoms with van der Waals surface area (Å²) in [6, 6.07) is 4.34. The highest BCUT2D eigenvalue weighted by molar-refractivity contribution is 5.96. The molecular weight excluding hydrogens is 246 g/mol. The lowest BCUT2D eigenvalue weighted by molar-refractivity contribution is -0.385. The molecule has 0 unspecified atom stereocenters. The van der Waals surface area contributed by atoms with Crippen molar-refractivity contribution in [1.29, 1.82) is 0 Å². The highest BCUT2D eigenvalue weighted by Gasteiger charge is 2.14. The van der Waals surface area contributed by atoms with Gasteiger partial charge in [0.25, 0.3) is 11.6 Å². The number of hydrazone groups is 1. The average Bonchev–Trinajstić information content (AvgIpc) is 2.35. The fourth-order valence-electron chi connectivity index (χ4n) is 1.28. The highest BCUT2D eigenvalue weighted by Crippen LogP contribution is 2.19. The van der Waals surface area contributed by atoms with Gasteiger partial charge in [-0.1, -0.05) is 19.9 Å². The van der Waals surface area contributed by atoms with E-state index < -0.39 is 10.8 Å². The maximum atomic E-state index is 11.8. The van der Waals surface area contributed by atoms with E-state index >= 15 is 0 Å². The van der Waals surface area contributed by atoms with Crippen LogP contribution in [0.5, 0.6) is 0 Å². The van der Waals surface area contributed by atoms with Crippen molar-refractivity contribution in [2.75, 3.05) is 0 Å². The molecule has 19 heavy (non-hydrogen) atoms. The van der Waals surface area contributed by atoms with Crippen LogP contribution in [0, 0.1) is 23.0 Å². The number of nitro groups is 1. The van der Waals surface area contributed by atoms with E-state index in [2.05, 4.69) is 10.5 Å². The summed E-state index contributed by atoms with van der Waals surface area (Å²) in [5.74, 6) is -0.226. The zero-order chi connectivity index (χ0) is 14.6. The van der Waals surface area contributed by atoms with Gasteiger partial charge in [0.15, 0.2) is 0 Å². The summed E-state index contributed by atoms with van der Waals surface area (Å²) in [6.07, 6.45) is 0. The molecule has 0 spiro atoms. The van der Waals surface area contributed by atoms with Crippen LogP contribution in [0.15, 0.2) is 23.3 Å². The van der Waals surface area contributed by atoms with Crippen LogP contribution >= 0.6 is 0 Å². The molecular formula is C13H17N3O3. The van der Waals surface area contributed by atoms with Gasteiger partial charge in [-0.3, -0.25) is 14.9 Å². The fourth-order valence-corrected chi connectivity index (χ4v) is 1.28. The van der Waals surface area contributed by atoms with Gasteiger partial charge in [0.2, 0.25) is 0 Å². The Labute approximate surface area is 111 Å². The molecule has 0 aliphatic rings. The zero-order valence-electron chi connectivity index (χ0n) is 11.4. The molecule has 0 aromatic heterocycles. The van der Waals surface area contributed by atoms with Gasteiger partial charge in [-0.25, -0.2) is 5.43 Å². The largest absolute Gasteiger partial charge is 0.273 e. The van der Waals surface area contributed by atoms with Crippen molar-refractivity contribution in [2.24, 2.45) is 11.0 Å². The Hall–Kier alpha value is -2.24. The van der Waals surface area contributed by atoms with Crippen molar-refractivity contribution in [1.82, 2.24) is 5.43 Å². The summed E-state index contributed by atoms with van der Waals surface area (Å²) < 4.78 is 0. The van der Waals surface area contributed by atoms with Crippen molar-refractivity contribution in [2.45, 2.75) is 27.7 Å². The molecule has 1 amide bonds. The first-order chi connectivity index (χ1) is 8.82. The molecule has 1 aromatic carbocycles. The van der Waals surface area contributed by atoms with Crippen LogP contribution in [0.4, 0.5) is 5.69 Å². The Morgan fingerprint density at radius 3 is 2.58 bits per heavy atom. The molecule has 0 radical (unpaired) electrons. The quantitative estimate of drug-likeness (QED) is 0.515. The van der Waals surface area contributed by atoms with E-state index in [1.165, 1.54) is 12.1 Å². The molecule has 0 heterocycles. The number of nitrogens with one attached hydrogen (secondary N) is 1. The average molecular weight is 263 g/mol. The second kappa shape index (κ2) is 6.08. The van der Waals surface area contributed by atoms with Crippen LogP contribution in [-0.2, 0) is 0 Å². The van der Waals surface area contributed by atoms with Crippen LogP contribution in [-0.4, -0.2) is 16.5 Å². The van der Waals surface area contributed by atoms with Gasteiger partial charge in [-0.2, -0.15) is 5.10 Å². The summed E-state index contributed by atoms with van der Waals surface area (Å²) in [4.78, 5) is 22.1. The fraction of sp³-hybridized carbons (Fsp3) is 0.385. The van der Waals surface area contributed by atoms with Crippen LogP contribution in [0.2, 0.25) is 0 Å². The molecule has 1 rings (SSSR count). The molecule has 6 heteroatoms. The molecule has 0 atom stereocenters. The van der Waals surface area contributed by atoms with Gasteiger partial charge in [0.1, 0.15) is 0 Å². The van der Waals surface area contributed by atoms with E-state index in [9.17, 15) is 14.9 Å². The maximum Gasteiger partial charge on any atom is 0.273 e. The minimum Gasteiger partial charge on any atom is -0.267 e. The number of hydrogen-bond acceptors (Lipinski definition) is 4. The number of rotatable bonds is 4. The van der Waals surface area contributed by atoms with Crippen molar-refractivity contribution in [3.63, 3.8) is 0 Å². The van der Waals surface area contributed by atoms with E-state index in [4.69, 9.17) is 0 Å². The number of benzene rings is 1. The Bertz CT molecular complexity index is 536. The van der Waals surface area contributed by atoms with Crippen molar-refractivity contribution in [3.05, 3.63) is 39.4 Å². The van der Waals surface area contributed by atoms with Crippen LogP contribution in [0.3, 0.4) is 0 Å². The van der Waals surface area contributed by atoms with Crippen molar-refractivity contribution in [3.8, 4) is 0 Å². The second-order valence-electron chi connectivity index (χ2n) is 4.61. The first kappa shape index (κ1) is 14.8. The first-order valence-corrected chi connectivity index (χ1v) is 5.92. The molecule has 0 bridgehead atoms. The summed E-state index contributed by atoms with van der Waals surface area (Å²) in [5, 5.41) is 14.7. The zero-order valence-corrected chi connectivity index (χ0v) is 11.4. The van der Waals surface area contributed by atoms with E-state index in [1.54, 1.807) is 13.0 Å². The molecule has 1 aromatic rings. The van der Waals surface area contributed by atoms with Gasteiger partial charge in [0, 0.05) is 22.9 Å². The van der Waals surface area contributed by atoms with Gasteiger partial charge in [-0.05, 0) is 25.8 Å². The molecule has 0 saturated heterocycles. The van der Waals surface area contributed by atoms with E-state index in [0.29, 0.717) is 5.56 Å². The third-order valence-electron chi connectivity index (χ3n) is 2.84. The Morgan fingerprint density at radius 2 is 2.05 bits per heavy atom. The maximum absolute atomic E-state index is 11.8. The lowest BCUT2D eigenvalue weighted by Gasteiger charge is -2.05.